The van der Waals surface area contributed by atoms with Crippen LogP contribution >= 0.6 is 11.6 Å². The van der Waals surface area contributed by atoms with Crippen molar-refractivity contribution < 1.29 is 13.2 Å². The Morgan fingerprint density at radius 3 is 1.27 bits per heavy atom. The van der Waals surface area contributed by atoms with E-state index in [1.54, 1.807) is 43.3 Å². The highest BCUT2D eigenvalue weighted by Crippen LogP contribution is 2.36. The lowest BCUT2D eigenvalue weighted by molar-refractivity contribution is 0.627. The minimum absolute atomic E-state index is 0.00616. The summed E-state index contributed by atoms with van der Waals surface area (Å²) >= 11 is 5.93. The Morgan fingerprint density at radius 1 is 0.412 bits per heavy atom. The third kappa shape index (κ3) is 13.1. The van der Waals surface area contributed by atoms with Gasteiger partial charge < -0.3 is 18.3 Å². The summed E-state index contributed by atoms with van der Waals surface area (Å²) in [5.74, 6) is -1.21. The molecule has 0 amide bonds. The number of aromatic nitrogens is 8. The van der Waals surface area contributed by atoms with Gasteiger partial charge in [-0.25, -0.2) is 33.1 Å². The van der Waals surface area contributed by atoms with E-state index in [4.69, 9.17) is 11.6 Å². The smallest absolute Gasteiger partial charge is 0.277 e. The zero-order chi connectivity index (χ0) is 59.6. The van der Waals surface area contributed by atoms with Crippen LogP contribution in [0.5, 0.6) is 0 Å². The van der Waals surface area contributed by atoms with E-state index in [9.17, 15) is 32.3 Å². The molecule has 4 heterocycles. The molecule has 85 heavy (non-hydrogen) atoms. The largest absolute Gasteiger partial charge is 0.305 e. The molecular formula is C69H60ClF3N8O4. The summed E-state index contributed by atoms with van der Waals surface area (Å²) in [5, 5.41) is 0.649. The fourth-order valence-corrected chi connectivity index (χ4v) is 10.2. The van der Waals surface area contributed by atoms with E-state index in [0.717, 1.165) is 89.3 Å². The molecule has 12 aromatic rings. The van der Waals surface area contributed by atoms with Crippen LogP contribution in [-0.4, -0.2) is 38.2 Å². The lowest BCUT2D eigenvalue weighted by atomic mass is 10.1. The van der Waals surface area contributed by atoms with E-state index < -0.39 is 11.6 Å². The maximum atomic E-state index is 14.0. The zero-order valence-corrected chi connectivity index (χ0v) is 47.9. The van der Waals surface area contributed by atoms with Crippen molar-refractivity contribution in [2.24, 2.45) is 0 Å². The lowest BCUT2D eigenvalue weighted by Crippen LogP contribution is -2.23. The van der Waals surface area contributed by atoms with Gasteiger partial charge in [-0.3, -0.25) is 19.2 Å². The van der Waals surface area contributed by atoms with E-state index in [1.165, 1.54) is 47.0 Å². The summed E-state index contributed by atoms with van der Waals surface area (Å²) in [6, 6.07) is 56.3. The number of halogens is 4. The molecular weight excluding hydrogens is 1100 g/mol. The number of fused-ring (bicyclic) bond motifs is 4. The van der Waals surface area contributed by atoms with Gasteiger partial charge in [0.05, 0.1) is 38.6 Å². The Balaban J connectivity index is 0.000000126. The van der Waals surface area contributed by atoms with Gasteiger partial charge in [-0.2, -0.15) is 0 Å². The molecule has 12 nitrogen and oxygen atoms in total. The molecule has 0 atom stereocenters. The summed E-state index contributed by atoms with van der Waals surface area (Å²) in [7, 11) is 0. The first-order valence-electron chi connectivity index (χ1n) is 28.4. The van der Waals surface area contributed by atoms with E-state index in [1.807, 2.05) is 129 Å². The van der Waals surface area contributed by atoms with Crippen molar-refractivity contribution in [1.29, 1.82) is 0 Å². The normalized spacial score (nSPS) is 11.8. The fraction of sp³-hybridized carbons (Fsp3) is 0.188. The summed E-state index contributed by atoms with van der Waals surface area (Å²) in [5.41, 5.74) is 9.61. The van der Waals surface area contributed by atoms with Crippen LogP contribution in [0.2, 0.25) is 5.02 Å². The predicted molar refractivity (Wildman–Crippen MR) is 334 cm³/mol. The molecule has 1 aliphatic rings. The van der Waals surface area contributed by atoms with Gasteiger partial charge in [0, 0.05) is 53.0 Å². The van der Waals surface area contributed by atoms with Crippen molar-refractivity contribution in [2.75, 3.05) is 0 Å². The van der Waals surface area contributed by atoms with Crippen LogP contribution in [0, 0.1) is 17.5 Å². The molecule has 0 N–H and O–H groups in total. The van der Waals surface area contributed by atoms with E-state index in [0.29, 0.717) is 51.8 Å². The van der Waals surface area contributed by atoms with Crippen molar-refractivity contribution in [3.63, 3.8) is 0 Å². The topological polar surface area (TPSA) is 140 Å². The molecule has 4 aromatic heterocycles. The highest BCUT2D eigenvalue weighted by atomic mass is 35.5. The molecule has 16 heteroatoms. The lowest BCUT2D eigenvalue weighted by Gasteiger charge is -2.12. The standard InChI is InChI=1S/C18H17ClN2O.C18H18N2O.C17H13FN2O.C16H12F2N2O/c1-2-3-12-21-16-7-5-4-6-15(16)20-17(18(21)22)13-8-10-14(19)11-9-13;1-2-3-13-20-16-12-8-7-11-15(16)19-17(18(20)21)14-9-5-4-6-10-14;18-12-7-5-11(6-8-12)16-17(21)20(13-9-10-13)15-4-2-1-3-14(15)19-16;1-2-20-13-5-3-4-12(18)15(13)19-14(16(20)21)10-6-8-11(17)9-7-10/h4-11H,2-3,12H2,1H3;4-12H,2-3,13H2,1H3;1-8,13H,9-10H2;3-9H,2H2,1H3. The first-order chi connectivity index (χ1) is 41.4. The number of para-hydroxylation sites is 7. The van der Waals surface area contributed by atoms with Gasteiger partial charge in [0.15, 0.2) is 5.82 Å². The second-order valence-corrected chi connectivity index (χ2v) is 20.8. The molecule has 0 saturated heterocycles. The van der Waals surface area contributed by atoms with Crippen LogP contribution in [0.25, 0.3) is 89.2 Å². The molecule has 0 unspecified atom stereocenters. The highest BCUT2D eigenvalue weighted by molar-refractivity contribution is 6.30. The van der Waals surface area contributed by atoms with Crippen molar-refractivity contribution in [3.8, 4) is 45.0 Å². The van der Waals surface area contributed by atoms with Crippen molar-refractivity contribution >= 4 is 55.7 Å². The van der Waals surface area contributed by atoms with Gasteiger partial charge in [-0.1, -0.05) is 123 Å². The maximum absolute atomic E-state index is 14.0. The second kappa shape index (κ2) is 26.8. The second-order valence-electron chi connectivity index (χ2n) is 20.4. The number of benzene rings is 8. The Bertz CT molecular complexity index is 4590. The minimum Gasteiger partial charge on any atom is -0.305 e. The fourth-order valence-electron chi connectivity index (χ4n) is 10.0. The maximum Gasteiger partial charge on any atom is 0.277 e. The van der Waals surface area contributed by atoms with Crippen LogP contribution < -0.4 is 22.2 Å². The van der Waals surface area contributed by atoms with Crippen molar-refractivity contribution in [3.05, 3.63) is 258 Å². The van der Waals surface area contributed by atoms with Gasteiger partial charge in [-0.15, -0.1) is 0 Å². The van der Waals surface area contributed by atoms with Crippen molar-refractivity contribution in [1.82, 2.24) is 38.2 Å². The summed E-state index contributed by atoms with van der Waals surface area (Å²) < 4.78 is 47.0. The van der Waals surface area contributed by atoms with Gasteiger partial charge in [0.1, 0.15) is 39.9 Å². The van der Waals surface area contributed by atoms with E-state index in [-0.39, 0.29) is 45.3 Å². The highest BCUT2D eigenvalue weighted by Gasteiger charge is 2.28. The molecule has 1 aliphatic carbocycles. The Morgan fingerprint density at radius 2 is 0.800 bits per heavy atom. The Kier molecular flexibility index (Phi) is 18.4. The number of rotatable bonds is 12. The summed E-state index contributed by atoms with van der Waals surface area (Å²) in [4.78, 5) is 68.7. The molecule has 1 saturated carbocycles. The minimum atomic E-state index is -0.488. The van der Waals surface area contributed by atoms with Gasteiger partial charge in [0.25, 0.3) is 22.2 Å². The zero-order valence-electron chi connectivity index (χ0n) is 47.1. The number of hydrogen-bond donors (Lipinski definition) is 0. The van der Waals surface area contributed by atoms with Crippen LogP contribution in [0.1, 0.15) is 65.3 Å². The molecule has 1 fully saturated rings. The molecule has 8 aromatic carbocycles. The molecule has 0 spiro atoms. The van der Waals surface area contributed by atoms with Crippen LogP contribution in [-0.2, 0) is 19.6 Å². The number of unbranched alkanes of at least 4 members (excludes halogenated alkanes) is 2. The van der Waals surface area contributed by atoms with Crippen LogP contribution in [0.4, 0.5) is 13.2 Å². The number of nitrogens with zero attached hydrogens (tertiary/aromatic N) is 8. The SMILES string of the molecule is CCCCn1c(=O)c(-c2ccc(Cl)cc2)nc2ccccc21.CCCCn1c(=O)c(-c2ccccc2)nc2ccccc21.CCn1c(=O)c(-c2ccc(F)cc2)nc2c(F)cccc21.O=c1c(-c2ccc(F)cc2)nc2ccccc2n1C1CC1. The number of aryl methyl sites for hydroxylation is 3. The van der Waals surface area contributed by atoms with Gasteiger partial charge >= 0.3 is 0 Å². The average molecular weight is 1160 g/mol. The predicted octanol–water partition coefficient (Wildman–Crippen LogP) is 15.3. The number of hydrogen-bond acceptors (Lipinski definition) is 8. The molecule has 13 rings (SSSR count). The van der Waals surface area contributed by atoms with E-state index >= 15 is 0 Å². The molecule has 0 aliphatic heterocycles. The molecule has 0 bridgehead atoms. The third-order valence-electron chi connectivity index (χ3n) is 14.5. The molecule has 428 valence electrons. The first-order valence-corrected chi connectivity index (χ1v) is 28.8. The van der Waals surface area contributed by atoms with Gasteiger partial charge in [-0.05, 0) is 142 Å². The quantitative estimate of drug-likeness (QED) is 0.118. The van der Waals surface area contributed by atoms with Crippen molar-refractivity contribution in [2.45, 2.75) is 85.0 Å². The van der Waals surface area contributed by atoms with Gasteiger partial charge in [0.2, 0.25) is 0 Å². The summed E-state index contributed by atoms with van der Waals surface area (Å²) in [6.07, 6.45) is 6.10. The Hall–Kier alpha value is -9.60. The Labute approximate surface area is 492 Å². The average Bonchev–Trinajstić information content (AvgIpc) is 4.27. The monoisotopic (exact) mass is 1160 g/mol. The van der Waals surface area contributed by atoms with E-state index in [2.05, 4.69) is 33.8 Å². The summed E-state index contributed by atoms with van der Waals surface area (Å²) in [6.45, 7) is 7.90. The third-order valence-corrected chi connectivity index (χ3v) is 14.8. The van der Waals surface area contributed by atoms with Crippen LogP contribution in [0.15, 0.2) is 213 Å². The first kappa shape index (κ1) is 58.6. The molecule has 0 radical (unpaired) electrons. The van der Waals surface area contributed by atoms with Crippen LogP contribution in [0.3, 0.4) is 0 Å².